The smallest absolute Gasteiger partial charge is 0.372 e. The lowest BCUT2D eigenvalue weighted by atomic mass is 10.1. The van der Waals surface area contributed by atoms with Crippen molar-refractivity contribution in [2.45, 2.75) is 13.0 Å². The maximum absolute atomic E-state index is 10.9. The zero-order chi connectivity index (χ0) is 13.8. The molecule has 1 unspecified atom stereocenters. The SMILES string of the molecule is CC(Nc1cccnc1[N+](=O)[O-])c1cccc(Br)c1. The highest BCUT2D eigenvalue weighted by molar-refractivity contribution is 9.10. The summed E-state index contributed by atoms with van der Waals surface area (Å²) in [6.45, 7) is 1.94. The number of nitro groups is 1. The Morgan fingerprint density at radius 1 is 1.37 bits per heavy atom. The number of halogens is 1. The molecule has 1 atom stereocenters. The van der Waals surface area contributed by atoms with E-state index in [-0.39, 0.29) is 11.9 Å². The van der Waals surface area contributed by atoms with Crippen molar-refractivity contribution in [3.63, 3.8) is 0 Å². The zero-order valence-corrected chi connectivity index (χ0v) is 11.8. The molecule has 0 amide bonds. The molecule has 2 rings (SSSR count). The highest BCUT2D eigenvalue weighted by Crippen LogP contribution is 2.26. The normalized spacial score (nSPS) is 11.9. The second kappa shape index (κ2) is 5.79. The summed E-state index contributed by atoms with van der Waals surface area (Å²) < 4.78 is 0.972. The molecule has 5 nitrogen and oxygen atoms in total. The van der Waals surface area contributed by atoms with Crippen molar-refractivity contribution in [3.8, 4) is 0 Å². The van der Waals surface area contributed by atoms with Crippen LogP contribution in [0.25, 0.3) is 0 Å². The minimum absolute atomic E-state index is 0.0552. The molecule has 0 aliphatic heterocycles. The molecule has 19 heavy (non-hydrogen) atoms. The first-order valence-corrected chi connectivity index (χ1v) is 6.48. The predicted octanol–water partition coefficient (Wildman–Crippen LogP) is 3.93. The summed E-state index contributed by atoms with van der Waals surface area (Å²) in [7, 11) is 0. The third kappa shape index (κ3) is 3.29. The van der Waals surface area contributed by atoms with Gasteiger partial charge in [0.15, 0.2) is 0 Å². The standard InChI is InChI=1S/C13H12BrN3O2/c1-9(10-4-2-5-11(14)8-10)16-12-6-3-7-15-13(12)17(18)19/h2-9,16H,1H3. The maximum atomic E-state index is 10.9. The van der Waals surface area contributed by atoms with Crippen LogP contribution >= 0.6 is 15.9 Å². The highest BCUT2D eigenvalue weighted by atomic mass is 79.9. The van der Waals surface area contributed by atoms with Gasteiger partial charge in [0.2, 0.25) is 0 Å². The van der Waals surface area contributed by atoms with Crippen molar-refractivity contribution in [1.82, 2.24) is 4.98 Å². The van der Waals surface area contributed by atoms with E-state index in [1.54, 1.807) is 12.1 Å². The summed E-state index contributed by atoms with van der Waals surface area (Å²) in [5, 5.41) is 14.0. The van der Waals surface area contributed by atoms with Crippen molar-refractivity contribution in [3.05, 3.63) is 62.7 Å². The summed E-state index contributed by atoms with van der Waals surface area (Å²) in [4.78, 5) is 14.2. The van der Waals surface area contributed by atoms with Crippen LogP contribution in [0.4, 0.5) is 11.5 Å². The third-order valence-corrected chi connectivity index (χ3v) is 3.17. The minimum Gasteiger partial charge on any atom is -0.372 e. The van der Waals surface area contributed by atoms with E-state index in [0.29, 0.717) is 5.69 Å². The Balaban J connectivity index is 2.24. The lowest BCUT2D eigenvalue weighted by Gasteiger charge is -2.15. The molecule has 1 aromatic carbocycles. The van der Waals surface area contributed by atoms with Crippen LogP contribution < -0.4 is 5.32 Å². The third-order valence-electron chi connectivity index (χ3n) is 2.68. The number of rotatable bonds is 4. The number of pyridine rings is 1. The van der Waals surface area contributed by atoms with Gasteiger partial charge in [-0.05, 0) is 46.7 Å². The monoisotopic (exact) mass is 321 g/mol. The second-order valence-corrected chi connectivity index (χ2v) is 4.97. The van der Waals surface area contributed by atoms with Gasteiger partial charge in [-0.1, -0.05) is 28.1 Å². The van der Waals surface area contributed by atoms with Gasteiger partial charge >= 0.3 is 5.82 Å². The molecule has 0 aliphatic carbocycles. The van der Waals surface area contributed by atoms with Gasteiger partial charge in [-0.25, -0.2) is 0 Å². The summed E-state index contributed by atoms with van der Waals surface area (Å²) in [6, 6.07) is 11.1. The lowest BCUT2D eigenvalue weighted by molar-refractivity contribution is -0.388. The number of aromatic nitrogens is 1. The Bertz CT molecular complexity index is 604. The molecular weight excluding hydrogens is 310 g/mol. The van der Waals surface area contributed by atoms with E-state index in [1.807, 2.05) is 31.2 Å². The molecule has 1 heterocycles. The fraction of sp³-hybridized carbons (Fsp3) is 0.154. The van der Waals surface area contributed by atoms with E-state index in [4.69, 9.17) is 0 Å². The fourth-order valence-electron chi connectivity index (χ4n) is 1.75. The van der Waals surface area contributed by atoms with E-state index in [9.17, 15) is 10.1 Å². The zero-order valence-electron chi connectivity index (χ0n) is 10.2. The van der Waals surface area contributed by atoms with E-state index in [0.717, 1.165) is 10.0 Å². The second-order valence-electron chi connectivity index (χ2n) is 4.05. The van der Waals surface area contributed by atoms with Crippen LogP contribution in [0.1, 0.15) is 18.5 Å². The van der Waals surface area contributed by atoms with Gasteiger partial charge in [0, 0.05) is 10.5 Å². The van der Waals surface area contributed by atoms with Crippen molar-refractivity contribution in [2.24, 2.45) is 0 Å². The highest BCUT2D eigenvalue weighted by Gasteiger charge is 2.16. The van der Waals surface area contributed by atoms with Crippen LogP contribution in [0, 0.1) is 10.1 Å². The number of nitrogens with zero attached hydrogens (tertiary/aromatic N) is 2. The minimum atomic E-state index is -0.490. The maximum Gasteiger partial charge on any atom is 0.386 e. The molecule has 0 saturated carbocycles. The Morgan fingerprint density at radius 3 is 2.84 bits per heavy atom. The molecule has 0 fully saturated rings. The first-order chi connectivity index (χ1) is 9.08. The van der Waals surface area contributed by atoms with Crippen molar-refractivity contribution in [2.75, 3.05) is 5.32 Å². The molecular formula is C13H12BrN3O2. The van der Waals surface area contributed by atoms with Crippen LogP contribution in [0.5, 0.6) is 0 Å². The summed E-state index contributed by atoms with van der Waals surface area (Å²) >= 11 is 3.41. The molecule has 1 N–H and O–H groups in total. The van der Waals surface area contributed by atoms with E-state index in [1.165, 1.54) is 6.20 Å². The van der Waals surface area contributed by atoms with E-state index in [2.05, 4.69) is 26.2 Å². The average molecular weight is 322 g/mol. The Morgan fingerprint density at radius 2 is 2.16 bits per heavy atom. The quantitative estimate of drug-likeness (QED) is 0.684. The average Bonchev–Trinajstić information content (AvgIpc) is 2.39. The van der Waals surface area contributed by atoms with E-state index >= 15 is 0 Å². The molecule has 0 spiro atoms. The number of nitrogens with one attached hydrogen (secondary N) is 1. The van der Waals surface area contributed by atoms with Crippen LogP contribution in [0.3, 0.4) is 0 Å². The summed E-state index contributed by atoms with van der Waals surface area (Å²) in [5.41, 5.74) is 1.45. The molecule has 6 heteroatoms. The molecule has 0 bridgehead atoms. The van der Waals surface area contributed by atoms with Crippen molar-refractivity contribution in [1.29, 1.82) is 0 Å². The Kier molecular flexibility index (Phi) is 4.11. The Hall–Kier alpha value is -1.95. The first-order valence-electron chi connectivity index (χ1n) is 5.69. The van der Waals surface area contributed by atoms with Gasteiger partial charge in [0.1, 0.15) is 11.9 Å². The molecule has 1 aromatic heterocycles. The van der Waals surface area contributed by atoms with Gasteiger partial charge in [-0.2, -0.15) is 0 Å². The van der Waals surface area contributed by atoms with E-state index < -0.39 is 4.92 Å². The van der Waals surface area contributed by atoms with Gasteiger partial charge in [-0.15, -0.1) is 0 Å². The van der Waals surface area contributed by atoms with Crippen molar-refractivity contribution < 1.29 is 4.92 Å². The van der Waals surface area contributed by atoms with Crippen molar-refractivity contribution >= 4 is 27.4 Å². The Labute approximate surface area is 119 Å². The van der Waals surface area contributed by atoms with Gasteiger partial charge in [-0.3, -0.25) is 0 Å². The van der Waals surface area contributed by atoms with Gasteiger partial charge < -0.3 is 15.4 Å². The van der Waals surface area contributed by atoms with Gasteiger partial charge in [0.05, 0.1) is 0 Å². The summed E-state index contributed by atoms with van der Waals surface area (Å²) in [6.07, 6.45) is 1.41. The van der Waals surface area contributed by atoms with Crippen LogP contribution in [-0.4, -0.2) is 9.91 Å². The number of hydrogen-bond acceptors (Lipinski definition) is 4. The molecule has 0 radical (unpaired) electrons. The van der Waals surface area contributed by atoms with Gasteiger partial charge in [0.25, 0.3) is 0 Å². The summed E-state index contributed by atoms with van der Waals surface area (Å²) in [5.74, 6) is -0.163. The number of benzene rings is 1. The molecule has 98 valence electrons. The number of hydrogen-bond donors (Lipinski definition) is 1. The predicted molar refractivity (Wildman–Crippen MR) is 77.1 cm³/mol. The molecule has 0 saturated heterocycles. The lowest BCUT2D eigenvalue weighted by Crippen LogP contribution is -2.09. The van der Waals surface area contributed by atoms with Crippen LogP contribution in [-0.2, 0) is 0 Å². The molecule has 2 aromatic rings. The largest absolute Gasteiger partial charge is 0.386 e. The first kappa shape index (κ1) is 13.5. The molecule has 0 aliphatic rings. The van der Waals surface area contributed by atoms with Crippen LogP contribution in [0.15, 0.2) is 47.1 Å². The fourth-order valence-corrected chi connectivity index (χ4v) is 2.16. The topological polar surface area (TPSA) is 68.1 Å². The number of anilines is 1. The van der Waals surface area contributed by atoms with Crippen LogP contribution in [0.2, 0.25) is 0 Å².